The molecule has 0 aliphatic carbocycles. The molecular weight excluding hydrogens is 582 g/mol. The van der Waals surface area contributed by atoms with Gasteiger partial charge in [0.2, 0.25) is 12.3 Å². The molecular formula is C36H37N5O5. The second-order valence-corrected chi connectivity index (χ2v) is 11.0. The summed E-state index contributed by atoms with van der Waals surface area (Å²) in [7, 11) is 1.24. The molecule has 3 N–H and O–H groups in total. The van der Waals surface area contributed by atoms with Gasteiger partial charge in [-0.1, -0.05) is 72.8 Å². The zero-order chi connectivity index (χ0) is 32.3. The summed E-state index contributed by atoms with van der Waals surface area (Å²) in [5, 5.41) is 8.26. The van der Waals surface area contributed by atoms with Crippen LogP contribution in [0, 0.1) is 0 Å². The van der Waals surface area contributed by atoms with E-state index in [1.165, 1.54) is 12.0 Å². The van der Waals surface area contributed by atoms with E-state index in [4.69, 9.17) is 4.74 Å². The number of para-hydroxylation sites is 1. The first-order chi connectivity index (χ1) is 22.4. The minimum absolute atomic E-state index is 0.276. The summed E-state index contributed by atoms with van der Waals surface area (Å²) < 4.78 is 4.75. The van der Waals surface area contributed by atoms with Crippen molar-refractivity contribution >= 4 is 41.4 Å². The molecule has 10 heteroatoms. The lowest BCUT2D eigenvalue weighted by Gasteiger charge is -2.28. The Morgan fingerprint density at radius 3 is 2.02 bits per heavy atom. The lowest BCUT2D eigenvalue weighted by molar-refractivity contribution is -0.138. The van der Waals surface area contributed by atoms with Crippen LogP contribution in [0.4, 0.5) is 21.9 Å². The van der Waals surface area contributed by atoms with Crippen molar-refractivity contribution in [1.29, 1.82) is 0 Å². The number of alkyl carbamates (subject to hydrolysis) is 1. The Bertz CT molecular complexity index is 1610. The van der Waals surface area contributed by atoms with Gasteiger partial charge in [0.05, 0.1) is 7.11 Å². The quantitative estimate of drug-likeness (QED) is 0.181. The Balaban J connectivity index is 1.25. The lowest BCUT2D eigenvalue weighted by Crippen LogP contribution is -2.48. The highest BCUT2D eigenvalue weighted by atomic mass is 16.5. The number of anilines is 3. The van der Waals surface area contributed by atoms with Crippen LogP contribution in [0.3, 0.4) is 0 Å². The van der Waals surface area contributed by atoms with Gasteiger partial charge in [-0.3, -0.25) is 14.4 Å². The summed E-state index contributed by atoms with van der Waals surface area (Å²) >= 11 is 0. The molecule has 2 atom stereocenters. The Labute approximate surface area is 268 Å². The van der Waals surface area contributed by atoms with Gasteiger partial charge in [0.25, 0.3) is 5.91 Å². The van der Waals surface area contributed by atoms with E-state index in [-0.39, 0.29) is 11.8 Å². The molecule has 1 fully saturated rings. The van der Waals surface area contributed by atoms with E-state index in [0.29, 0.717) is 50.1 Å². The molecule has 0 spiro atoms. The highest BCUT2D eigenvalue weighted by Gasteiger charge is 2.38. The number of hydrogen-bond donors (Lipinski definition) is 3. The van der Waals surface area contributed by atoms with Crippen LogP contribution in [0.1, 0.15) is 35.6 Å². The van der Waals surface area contributed by atoms with Crippen molar-refractivity contribution in [3.8, 4) is 0 Å². The van der Waals surface area contributed by atoms with Gasteiger partial charge in [-0.15, -0.1) is 0 Å². The number of nitrogens with one attached hydrogen (secondary N) is 3. The van der Waals surface area contributed by atoms with E-state index in [2.05, 4.69) is 33.0 Å². The Morgan fingerprint density at radius 2 is 1.43 bits per heavy atom. The number of carbonyl (C=O) groups excluding carboxylic acids is 4. The predicted octanol–water partition coefficient (Wildman–Crippen LogP) is 5.49. The van der Waals surface area contributed by atoms with Crippen molar-refractivity contribution in [2.24, 2.45) is 0 Å². The normalized spacial score (nSPS) is 14.5. The molecule has 1 saturated heterocycles. The molecule has 5 rings (SSSR count). The maximum Gasteiger partial charge on any atom is 0.407 e. The number of likely N-dealkylation sites (tertiary alicyclic amines) is 1. The minimum Gasteiger partial charge on any atom is -0.453 e. The largest absolute Gasteiger partial charge is 0.453 e. The summed E-state index contributed by atoms with van der Waals surface area (Å²) in [6, 6.07) is 32.8. The van der Waals surface area contributed by atoms with Crippen LogP contribution in [0.5, 0.6) is 0 Å². The zero-order valence-corrected chi connectivity index (χ0v) is 25.6. The standard InChI is InChI=1S/C36H37N5O5/c1-46-36(45)39-33(28-9-4-2-5-10-28)35(44)41-22-8-13-32(41)34(43)38-30-20-16-27(17-21-30)24-40(31-11-6-3-7-12-31)23-26-14-18-29(19-15-26)37-25-42/h2-7,9-12,14-21,25,32-33H,8,13,22-24H2,1H3,(H,37,42)(H,38,43)(H,39,45)/t32-,33?/m0/s1. The molecule has 0 bridgehead atoms. The summed E-state index contributed by atoms with van der Waals surface area (Å²) in [5.74, 6) is -0.637. The molecule has 236 valence electrons. The van der Waals surface area contributed by atoms with Crippen molar-refractivity contribution in [2.75, 3.05) is 29.2 Å². The number of hydrogen-bond acceptors (Lipinski definition) is 6. The molecule has 4 aromatic rings. The number of carbonyl (C=O) groups is 4. The van der Waals surface area contributed by atoms with Crippen molar-refractivity contribution in [3.63, 3.8) is 0 Å². The summed E-state index contributed by atoms with van der Waals surface area (Å²) in [5.41, 5.74) is 5.19. The molecule has 0 saturated carbocycles. The Morgan fingerprint density at radius 1 is 0.848 bits per heavy atom. The molecule has 46 heavy (non-hydrogen) atoms. The lowest BCUT2D eigenvalue weighted by atomic mass is 10.0. The second kappa shape index (κ2) is 15.4. The van der Waals surface area contributed by atoms with E-state index in [9.17, 15) is 19.2 Å². The number of nitrogens with zero attached hydrogens (tertiary/aromatic N) is 2. The maximum absolute atomic E-state index is 13.7. The van der Waals surface area contributed by atoms with Crippen LogP contribution in [0.15, 0.2) is 109 Å². The van der Waals surface area contributed by atoms with Crippen LogP contribution in [0.2, 0.25) is 0 Å². The SMILES string of the molecule is COC(=O)NC(C(=O)N1CCC[C@H]1C(=O)Nc1ccc(CN(Cc2ccc(NC=O)cc2)c2ccccc2)cc1)c1ccccc1. The van der Waals surface area contributed by atoms with Crippen molar-refractivity contribution in [1.82, 2.24) is 10.2 Å². The average molecular weight is 620 g/mol. The molecule has 1 aliphatic rings. The van der Waals surface area contributed by atoms with Gasteiger partial charge in [-0.05, 0) is 65.9 Å². The highest BCUT2D eigenvalue weighted by molar-refractivity contribution is 5.98. The van der Waals surface area contributed by atoms with E-state index < -0.39 is 18.2 Å². The van der Waals surface area contributed by atoms with Crippen LogP contribution >= 0.6 is 0 Å². The number of amides is 4. The Kier molecular flexibility index (Phi) is 10.6. The Hall–Kier alpha value is -5.64. The molecule has 1 heterocycles. The van der Waals surface area contributed by atoms with Gasteiger partial charge in [0.15, 0.2) is 0 Å². The smallest absolute Gasteiger partial charge is 0.407 e. The molecule has 0 radical (unpaired) electrons. The van der Waals surface area contributed by atoms with Crippen molar-refractivity contribution < 1.29 is 23.9 Å². The van der Waals surface area contributed by atoms with Crippen molar-refractivity contribution in [3.05, 3.63) is 126 Å². The first-order valence-corrected chi connectivity index (χ1v) is 15.1. The summed E-state index contributed by atoms with van der Waals surface area (Å²) in [4.78, 5) is 53.7. The van der Waals surface area contributed by atoms with Gasteiger partial charge < -0.3 is 30.5 Å². The molecule has 4 amide bonds. The summed E-state index contributed by atoms with van der Waals surface area (Å²) in [6.07, 6.45) is 1.13. The number of methoxy groups -OCH3 is 1. The number of rotatable bonds is 12. The minimum atomic E-state index is -0.972. The van der Waals surface area contributed by atoms with Crippen LogP contribution in [-0.2, 0) is 32.2 Å². The molecule has 10 nitrogen and oxygen atoms in total. The summed E-state index contributed by atoms with van der Waals surface area (Å²) in [6.45, 7) is 1.70. The molecule has 1 aliphatic heterocycles. The molecule has 1 unspecified atom stereocenters. The fraction of sp³-hybridized carbons (Fsp3) is 0.222. The molecule has 0 aromatic heterocycles. The number of benzene rings is 4. The van der Waals surface area contributed by atoms with E-state index in [1.807, 2.05) is 72.8 Å². The third-order valence-corrected chi connectivity index (χ3v) is 7.94. The van der Waals surface area contributed by atoms with E-state index in [1.54, 1.807) is 24.3 Å². The first-order valence-electron chi connectivity index (χ1n) is 15.1. The number of ether oxygens (including phenoxy) is 1. The first kappa shape index (κ1) is 31.8. The average Bonchev–Trinajstić information content (AvgIpc) is 3.60. The highest BCUT2D eigenvalue weighted by Crippen LogP contribution is 2.26. The predicted molar refractivity (Wildman–Crippen MR) is 177 cm³/mol. The van der Waals surface area contributed by atoms with Crippen molar-refractivity contribution in [2.45, 2.75) is 38.0 Å². The van der Waals surface area contributed by atoms with Gasteiger partial charge in [0.1, 0.15) is 12.1 Å². The maximum atomic E-state index is 13.7. The monoisotopic (exact) mass is 619 g/mol. The molecule has 4 aromatic carbocycles. The van der Waals surface area contributed by atoms with Crippen LogP contribution in [0.25, 0.3) is 0 Å². The van der Waals surface area contributed by atoms with Crippen LogP contribution in [-0.4, -0.2) is 48.9 Å². The third-order valence-electron chi connectivity index (χ3n) is 7.94. The van der Waals surface area contributed by atoms with Gasteiger partial charge in [0, 0.05) is 36.7 Å². The van der Waals surface area contributed by atoms with E-state index in [0.717, 1.165) is 22.5 Å². The fourth-order valence-electron chi connectivity index (χ4n) is 5.59. The second-order valence-electron chi connectivity index (χ2n) is 11.0. The van der Waals surface area contributed by atoms with Gasteiger partial charge in [-0.25, -0.2) is 4.79 Å². The zero-order valence-electron chi connectivity index (χ0n) is 25.6. The van der Waals surface area contributed by atoms with E-state index >= 15 is 0 Å². The van der Waals surface area contributed by atoms with Gasteiger partial charge in [-0.2, -0.15) is 0 Å². The van der Waals surface area contributed by atoms with Gasteiger partial charge >= 0.3 is 6.09 Å². The topological polar surface area (TPSA) is 120 Å². The third kappa shape index (κ3) is 8.09. The van der Waals surface area contributed by atoms with Crippen LogP contribution < -0.4 is 20.9 Å². The fourth-order valence-corrected chi connectivity index (χ4v) is 5.59.